The van der Waals surface area contributed by atoms with Crippen LogP contribution in [-0.4, -0.2) is 11.4 Å². The molecule has 3 aromatic carbocycles. The highest BCUT2D eigenvalue weighted by Gasteiger charge is 2.32. The molecule has 6 heteroatoms. The third-order valence-corrected chi connectivity index (χ3v) is 7.67. The van der Waals surface area contributed by atoms with Gasteiger partial charge in [-0.2, -0.15) is 0 Å². The summed E-state index contributed by atoms with van der Waals surface area (Å²) in [5.41, 5.74) is 6.73. The van der Waals surface area contributed by atoms with Gasteiger partial charge in [0.1, 0.15) is 0 Å². The third-order valence-electron chi connectivity index (χ3n) is 6.68. The van der Waals surface area contributed by atoms with Crippen LogP contribution in [0.1, 0.15) is 34.7 Å². The van der Waals surface area contributed by atoms with Crippen LogP contribution in [0.15, 0.2) is 88.2 Å². The second-order valence-electron chi connectivity index (χ2n) is 8.64. The van der Waals surface area contributed by atoms with Crippen LogP contribution in [0.4, 0.5) is 0 Å². The van der Waals surface area contributed by atoms with E-state index in [1.807, 2.05) is 47.0 Å². The Labute approximate surface area is 199 Å². The van der Waals surface area contributed by atoms with E-state index in [1.165, 1.54) is 28.0 Å². The average molecular weight is 465 g/mol. The molecule has 5 nitrogen and oxygen atoms in total. The second-order valence-corrected chi connectivity index (χ2v) is 9.65. The minimum Gasteiger partial charge on any atom is -0.454 e. The Morgan fingerprint density at radius 3 is 2.68 bits per heavy atom. The molecule has 166 valence electrons. The minimum atomic E-state index is -0.153. The maximum Gasteiger partial charge on any atom is 0.271 e. The summed E-state index contributed by atoms with van der Waals surface area (Å²) in [6.45, 7) is 0.227. The van der Waals surface area contributed by atoms with Gasteiger partial charge >= 0.3 is 0 Å². The Kier molecular flexibility index (Phi) is 4.35. The number of rotatable bonds is 2. The van der Waals surface area contributed by atoms with Crippen LogP contribution in [0.3, 0.4) is 0 Å². The molecule has 0 unspecified atom stereocenters. The van der Waals surface area contributed by atoms with Crippen LogP contribution in [0.25, 0.3) is 11.8 Å². The van der Waals surface area contributed by atoms with Gasteiger partial charge in [0.2, 0.25) is 6.79 Å². The number of ether oxygens (including phenoxy) is 2. The van der Waals surface area contributed by atoms with Crippen LogP contribution in [-0.2, 0) is 6.42 Å². The van der Waals surface area contributed by atoms with Crippen LogP contribution >= 0.6 is 11.3 Å². The minimum absolute atomic E-state index is 0.0133. The Bertz CT molecular complexity index is 1660. The lowest BCUT2D eigenvalue weighted by atomic mass is 9.83. The molecule has 0 bridgehead atoms. The van der Waals surface area contributed by atoms with E-state index in [4.69, 9.17) is 14.5 Å². The van der Waals surface area contributed by atoms with Gasteiger partial charge in [-0.25, -0.2) is 4.99 Å². The monoisotopic (exact) mass is 464 g/mol. The van der Waals surface area contributed by atoms with Crippen molar-refractivity contribution in [2.24, 2.45) is 4.99 Å². The van der Waals surface area contributed by atoms with Crippen LogP contribution in [0.2, 0.25) is 0 Å². The number of aromatic nitrogens is 1. The molecule has 4 aromatic rings. The van der Waals surface area contributed by atoms with Gasteiger partial charge < -0.3 is 9.47 Å². The second kappa shape index (κ2) is 7.57. The number of hydrogen-bond acceptors (Lipinski definition) is 5. The molecule has 1 aliphatic carbocycles. The Hall–Kier alpha value is -3.90. The van der Waals surface area contributed by atoms with Crippen molar-refractivity contribution in [2.75, 3.05) is 6.79 Å². The number of thiazole rings is 1. The summed E-state index contributed by atoms with van der Waals surface area (Å²) in [4.78, 5) is 19.6. The SMILES string of the molecule is O=c1/c(=C/c2ccc3c(c2)OCO3)sc2n1[C@@H](c1ccccc1)C1=C(N=2)c2ccccc2CC1. The average Bonchev–Trinajstić information content (AvgIpc) is 3.47. The first-order chi connectivity index (χ1) is 16.8. The summed E-state index contributed by atoms with van der Waals surface area (Å²) in [7, 11) is 0. The Balaban J connectivity index is 1.46. The number of benzene rings is 3. The maximum atomic E-state index is 13.8. The topological polar surface area (TPSA) is 52.8 Å². The Morgan fingerprint density at radius 1 is 0.941 bits per heavy atom. The smallest absolute Gasteiger partial charge is 0.271 e. The van der Waals surface area contributed by atoms with E-state index in [9.17, 15) is 4.79 Å². The molecule has 0 fully saturated rings. The fourth-order valence-electron chi connectivity index (χ4n) is 5.11. The van der Waals surface area contributed by atoms with Crippen molar-refractivity contribution in [2.45, 2.75) is 18.9 Å². The number of allylic oxidation sites excluding steroid dienone is 1. The molecular formula is C28H20N2O3S. The lowest BCUT2D eigenvalue weighted by Gasteiger charge is -2.30. The molecule has 1 aromatic heterocycles. The number of nitrogens with zero attached hydrogens (tertiary/aromatic N) is 2. The normalized spacial score (nSPS) is 18.2. The van der Waals surface area contributed by atoms with Gasteiger partial charge in [0.25, 0.3) is 5.56 Å². The van der Waals surface area contributed by atoms with Crippen molar-refractivity contribution in [3.63, 3.8) is 0 Å². The van der Waals surface area contributed by atoms with E-state index in [1.54, 1.807) is 0 Å². The summed E-state index contributed by atoms with van der Waals surface area (Å²) in [6.07, 6.45) is 3.77. The van der Waals surface area contributed by atoms with Crippen molar-refractivity contribution in [1.29, 1.82) is 0 Å². The Morgan fingerprint density at radius 2 is 1.76 bits per heavy atom. The predicted molar refractivity (Wildman–Crippen MR) is 132 cm³/mol. The highest BCUT2D eigenvalue weighted by Crippen LogP contribution is 2.41. The van der Waals surface area contributed by atoms with Gasteiger partial charge in [0.05, 0.1) is 16.3 Å². The van der Waals surface area contributed by atoms with Crippen LogP contribution in [0, 0.1) is 0 Å². The fourth-order valence-corrected chi connectivity index (χ4v) is 6.11. The summed E-state index contributed by atoms with van der Waals surface area (Å²) in [6, 6.07) is 24.4. The van der Waals surface area contributed by atoms with Gasteiger partial charge in [0.15, 0.2) is 16.3 Å². The van der Waals surface area contributed by atoms with E-state index in [2.05, 4.69) is 36.4 Å². The van der Waals surface area contributed by atoms with Crippen LogP contribution < -0.4 is 24.4 Å². The predicted octanol–water partition coefficient (Wildman–Crippen LogP) is 4.05. The molecule has 0 amide bonds. The van der Waals surface area contributed by atoms with Crippen molar-refractivity contribution in [1.82, 2.24) is 4.57 Å². The van der Waals surface area contributed by atoms with Crippen molar-refractivity contribution < 1.29 is 9.47 Å². The van der Waals surface area contributed by atoms with Gasteiger partial charge in [-0.15, -0.1) is 0 Å². The van der Waals surface area contributed by atoms with E-state index < -0.39 is 0 Å². The van der Waals surface area contributed by atoms with Crippen LogP contribution in [0.5, 0.6) is 11.5 Å². The number of hydrogen-bond donors (Lipinski definition) is 0. The molecule has 34 heavy (non-hydrogen) atoms. The molecule has 1 atom stereocenters. The fraction of sp³-hybridized carbons (Fsp3) is 0.143. The molecular weight excluding hydrogens is 444 g/mol. The first kappa shape index (κ1) is 19.6. The summed E-state index contributed by atoms with van der Waals surface area (Å²) < 4.78 is 13.5. The van der Waals surface area contributed by atoms with E-state index in [0.717, 1.165) is 40.2 Å². The zero-order valence-electron chi connectivity index (χ0n) is 18.2. The summed E-state index contributed by atoms with van der Waals surface area (Å²) >= 11 is 1.44. The highest BCUT2D eigenvalue weighted by molar-refractivity contribution is 7.07. The molecule has 3 aliphatic rings. The van der Waals surface area contributed by atoms with E-state index in [-0.39, 0.29) is 18.4 Å². The molecule has 2 aliphatic heterocycles. The van der Waals surface area contributed by atoms with Crippen molar-refractivity contribution in [3.05, 3.63) is 120 Å². The summed E-state index contributed by atoms with van der Waals surface area (Å²) in [5.74, 6) is 1.43. The first-order valence-electron chi connectivity index (χ1n) is 11.3. The van der Waals surface area contributed by atoms with Gasteiger partial charge in [-0.05, 0) is 53.3 Å². The summed E-state index contributed by atoms with van der Waals surface area (Å²) in [5, 5.41) is 0. The molecule has 0 N–H and O–H groups in total. The van der Waals surface area contributed by atoms with E-state index in [0.29, 0.717) is 10.3 Å². The molecule has 0 radical (unpaired) electrons. The van der Waals surface area contributed by atoms with E-state index >= 15 is 0 Å². The lowest BCUT2D eigenvalue weighted by Crippen LogP contribution is -2.38. The molecule has 3 heterocycles. The van der Waals surface area contributed by atoms with Gasteiger partial charge in [-0.3, -0.25) is 9.36 Å². The zero-order chi connectivity index (χ0) is 22.6. The highest BCUT2D eigenvalue weighted by atomic mass is 32.1. The van der Waals surface area contributed by atoms with Gasteiger partial charge in [0, 0.05) is 5.56 Å². The molecule has 7 rings (SSSR count). The quantitative estimate of drug-likeness (QED) is 0.450. The molecule has 0 saturated heterocycles. The number of aryl methyl sites for hydroxylation is 1. The first-order valence-corrected chi connectivity index (χ1v) is 12.2. The third kappa shape index (κ3) is 2.99. The van der Waals surface area contributed by atoms with Crippen molar-refractivity contribution >= 4 is 23.1 Å². The standard InChI is InChI=1S/C28H20N2O3S/c31-27-24(15-17-10-13-22-23(14-17)33-16-32-22)34-28-29-25-20-9-5-4-6-18(20)11-12-21(25)26(30(27)28)19-7-2-1-3-8-19/h1-10,13-15,26H,11-12,16H2/b24-15-/t26-/m0/s1. The zero-order valence-corrected chi connectivity index (χ0v) is 19.0. The maximum absolute atomic E-state index is 13.8. The molecule has 0 saturated carbocycles. The molecule has 0 spiro atoms. The van der Waals surface area contributed by atoms with Gasteiger partial charge in [-0.1, -0.05) is 72.0 Å². The lowest BCUT2D eigenvalue weighted by molar-refractivity contribution is 0.174. The number of fused-ring (bicyclic) bond motifs is 4. The largest absolute Gasteiger partial charge is 0.454 e. The van der Waals surface area contributed by atoms with Crippen molar-refractivity contribution in [3.8, 4) is 11.5 Å².